The molecule has 4 unspecified atom stereocenters. The predicted octanol–water partition coefficient (Wildman–Crippen LogP) is 3.63. The fourth-order valence-electron chi connectivity index (χ4n) is 5.53. The summed E-state index contributed by atoms with van der Waals surface area (Å²) in [5.74, 6) is 1.66. The molecule has 2 aromatic rings. The molecule has 1 aliphatic carbocycles. The van der Waals surface area contributed by atoms with Gasteiger partial charge in [-0.05, 0) is 99.7 Å². The Balaban J connectivity index is 1.27. The average Bonchev–Trinajstić information content (AvgIpc) is 2.89. The van der Waals surface area contributed by atoms with Gasteiger partial charge in [-0.3, -0.25) is 4.79 Å². The predicted molar refractivity (Wildman–Crippen MR) is 144 cm³/mol. The number of hydrogen-bond donors (Lipinski definition) is 4. The monoisotopic (exact) mass is 527 g/mol. The van der Waals surface area contributed by atoms with Gasteiger partial charge in [0.2, 0.25) is 0 Å². The number of carbonyl (C=O) groups excluding carboxylic acids is 1. The molecule has 0 radical (unpaired) electrons. The number of aromatic hydroxyl groups is 1. The Kier molecular flexibility index (Phi) is 9.44. The van der Waals surface area contributed by atoms with Crippen molar-refractivity contribution in [1.29, 1.82) is 0 Å². The first-order valence-electron chi connectivity index (χ1n) is 13.6. The average molecular weight is 528 g/mol. The number of aliphatic hydroxyl groups is 2. The van der Waals surface area contributed by atoms with Crippen LogP contribution in [0, 0.1) is 26.7 Å². The van der Waals surface area contributed by atoms with E-state index >= 15 is 0 Å². The van der Waals surface area contributed by atoms with Gasteiger partial charge in [-0.15, -0.1) is 0 Å². The molecule has 1 heterocycles. The Hall–Kier alpha value is -2.49. The van der Waals surface area contributed by atoms with Crippen LogP contribution in [0.2, 0.25) is 0 Å². The molecule has 0 amide bonds. The molecule has 208 valence electrons. The van der Waals surface area contributed by atoms with Gasteiger partial charge in [-0.25, -0.2) is 0 Å². The van der Waals surface area contributed by atoms with Crippen molar-refractivity contribution in [2.45, 2.75) is 89.8 Å². The van der Waals surface area contributed by atoms with Crippen molar-refractivity contribution in [3.8, 4) is 17.2 Å². The number of aliphatic hydroxyl groups excluding tert-OH is 2. The zero-order chi connectivity index (χ0) is 27.4. The smallest absolute Gasteiger partial charge is 0.152 e. The topological polar surface area (TPSA) is 131 Å². The van der Waals surface area contributed by atoms with Crippen molar-refractivity contribution in [3.63, 3.8) is 0 Å². The van der Waals surface area contributed by atoms with E-state index in [4.69, 9.17) is 19.9 Å². The number of nitrogens with two attached hydrogens (primary N) is 1. The van der Waals surface area contributed by atoms with Gasteiger partial charge in [-0.2, -0.15) is 0 Å². The van der Waals surface area contributed by atoms with Crippen LogP contribution in [0.1, 0.15) is 54.4 Å². The lowest BCUT2D eigenvalue weighted by atomic mass is 9.81. The summed E-state index contributed by atoms with van der Waals surface area (Å²) in [5, 5.41) is 29.6. The van der Waals surface area contributed by atoms with E-state index in [1.165, 1.54) is 0 Å². The van der Waals surface area contributed by atoms with Crippen molar-refractivity contribution in [2.75, 3.05) is 13.2 Å². The quantitative estimate of drug-likeness (QED) is 0.389. The SMILES string of the molecule is Cc1cc(Oc2c(C)cc(CC(N)C(=O)C3CCC(OCC4OCCC(O)C4O)CC3)cc2C)ccc1O. The normalized spacial score (nSPS) is 26.6. The lowest BCUT2D eigenvalue weighted by Gasteiger charge is -2.34. The molecule has 8 heteroatoms. The van der Waals surface area contributed by atoms with Crippen LogP contribution in [0.3, 0.4) is 0 Å². The molecule has 8 nitrogen and oxygen atoms in total. The van der Waals surface area contributed by atoms with Crippen LogP contribution >= 0.6 is 0 Å². The number of ketones is 1. The number of ether oxygens (including phenoxy) is 3. The minimum Gasteiger partial charge on any atom is -0.508 e. The van der Waals surface area contributed by atoms with Crippen LogP contribution in [0.15, 0.2) is 30.3 Å². The molecule has 2 fully saturated rings. The maximum absolute atomic E-state index is 13.1. The summed E-state index contributed by atoms with van der Waals surface area (Å²) in [6, 6.07) is 8.62. The first-order valence-corrected chi connectivity index (χ1v) is 13.6. The van der Waals surface area contributed by atoms with Crippen LogP contribution in [-0.4, -0.2) is 64.8 Å². The molecule has 0 aromatic heterocycles. The minimum absolute atomic E-state index is 0.0142. The highest BCUT2D eigenvalue weighted by atomic mass is 16.5. The molecule has 1 aliphatic heterocycles. The number of carbonyl (C=O) groups is 1. The third-order valence-corrected chi connectivity index (χ3v) is 7.82. The Bertz CT molecular complexity index is 1090. The summed E-state index contributed by atoms with van der Waals surface area (Å²) in [6.07, 6.45) is 1.68. The highest BCUT2D eigenvalue weighted by Crippen LogP contribution is 2.33. The Morgan fingerprint density at radius 3 is 2.37 bits per heavy atom. The van der Waals surface area contributed by atoms with E-state index in [1.807, 2.05) is 32.9 Å². The number of benzene rings is 2. The number of hydrogen-bond acceptors (Lipinski definition) is 8. The lowest BCUT2D eigenvalue weighted by molar-refractivity contribution is -0.164. The molecule has 4 atom stereocenters. The molecular weight excluding hydrogens is 486 g/mol. The fourth-order valence-corrected chi connectivity index (χ4v) is 5.53. The summed E-state index contributed by atoms with van der Waals surface area (Å²) in [7, 11) is 0. The van der Waals surface area contributed by atoms with E-state index in [0.29, 0.717) is 25.2 Å². The van der Waals surface area contributed by atoms with Gasteiger partial charge in [0, 0.05) is 12.5 Å². The van der Waals surface area contributed by atoms with E-state index in [1.54, 1.807) is 18.2 Å². The number of rotatable bonds is 9. The van der Waals surface area contributed by atoms with E-state index in [9.17, 15) is 20.1 Å². The number of phenols is 1. The highest BCUT2D eigenvalue weighted by Gasteiger charge is 2.34. The van der Waals surface area contributed by atoms with Crippen LogP contribution in [0.4, 0.5) is 0 Å². The van der Waals surface area contributed by atoms with E-state index < -0.39 is 24.4 Å². The maximum Gasteiger partial charge on any atom is 0.152 e. The molecular formula is C30H41NO7. The largest absolute Gasteiger partial charge is 0.508 e. The summed E-state index contributed by atoms with van der Waals surface area (Å²) in [4.78, 5) is 13.1. The molecule has 1 saturated carbocycles. The molecule has 5 N–H and O–H groups in total. The molecule has 1 saturated heterocycles. The summed E-state index contributed by atoms with van der Waals surface area (Å²) >= 11 is 0. The number of aryl methyl sites for hydroxylation is 3. The second-order valence-corrected chi connectivity index (χ2v) is 10.9. The molecule has 38 heavy (non-hydrogen) atoms. The van der Waals surface area contributed by atoms with Gasteiger partial charge >= 0.3 is 0 Å². The summed E-state index contributed by atoms with van der Waals surface area (Å²) in [6.45, 7) is 6.44. The van der Waals surface area contributed by atoms with Crippen molar-refractivity contribution in [2.24, 2.45) is 11.7 Å². The molecule has 0 spiro atoms. The fraction of sp³-hybridized carbons (Fsp3) is 0.567. The lowest BCUT2D eigenvalue weighted by Crippen LogP contribution is -2.47. The van der Waals surface area contributed by atoms with Crippen LogP contribution in [0.5, 0.6) is 17.2 Å². The molecule has 4 rings (SSSR count). The maximum atomic E-state index is 13.1. The zero-order valence-corrected chi connectivity index (χ0v) is 22.6. The standard InChI is InChI=1S/C30H41NO7/c1-17-14-23(8-9-25(17)32)38-30-18(2)12-20(13-19(30)3)15-24(31)28(34)21-4-6-22(7-5-21)37-16-27-29(35)26(33)10-11-36-27/h8-9,12-14,21-22,24,26-27,29,32-33,35H,4-7,10-11,15-16,31H2,1-3H3. The third-order valence-electron chi connectivity index (χ3n) is 7.82. The number of phenolic OH excluding ortho intramolecular Hbond substituents is 1. The van der Waals surface area contributed by atoms with E-state index in [-0.39, 0.29) is 30.2 Å². The first-order chi connectivity index (χ1) is 18.1. The summed E-state index contributed by atoms with van der Waals surface area (Å²) in [5.41, 5.74) is 10.1. The second kappa shape index (κ2) is 12.6. The van der Waals surface area contributed by atoms with Crippen LogP contribution in [-0.2, 0) is 20.7 Å². The Morgan fingerprint density at radius 1 is 1.03 bits per heavy atom. The van der Waals surface area contributed by atoms with Gasteiger partial charge in [0.25, 0.3) is 0 Å². The first kappa shape index (κ1) is 28.5. The zero-order valence-electron chi connectivity index (χ0n) is 22.6. The minimum atomic E-state index is -0.926. The molecule has 0 bridgehead atoms. The van der Waals surface area contributed by atoms with E-state index in [2.05, 4.69) is 0 Å². The van der Waals surface area contributed by atoms with Crippen molar-refractivity contribution < 1.29 is 34.3 Å². The van der Waals surface area contributed by atoms with Crippen molar-refractivity contribution in [3.05, 3.63) is 52.6 Å². The van der Waals surface area contributed by atoms with Gasteiger partial charge in [0.05, 0.1) is 24.9 Å². The van der Waals surface area contributed by atoms with Crippen LogP contribution < -0.4 is 10.5 Å². The molecule has 2 aliphatic rings. The Labute approximate surface area is 224 Å². The van der Waals surface area contributed by atoms with Crippen LogP contribution in [0.25, 0.3) is 0 Å². The Morgan fingerprint density at radius 2 is 1.71 bits per heavy atom. The van der Waals surface area contributed by atoms with E-state index in [0.717, 1.165) is 53.7 Å². The summed E-state index contributed by atoms with van der Waals surface area (Å²) < 4.78 is 17.6. The third kappa shape index (κ3) is 6.93. The number of Topliss-reactive ketones (excluding diaryl/α,β-unsaturated/α-hetero) is 1. The van der Waals surface area contributed by atoms with Gasteiger partial charge < -0.3 is 35.3 Å². The van der Waals surface area contributed by atoms with Gasteiger partial charge in [0.15, 0.2) is 5.78 Å². The van der Waals surface area contributed by atoms with Gasteiger partial charge in [0.1, 0.15) is 29.5 Å². The van der Waals surface area contributed by atoms with Crippen molar-refractivity contribution >= 4 is 5.78 Å². The highest BCUT2D eigenvalue weighted by molar-refractivity contribution is 5.86. The van der Waals surface area contributed by atoms with Crippen molar-refractivity contribution in [1.82, 2.24) is 0 Å². The van der Waals surface area contributed by atoms with Gasteiger partial charge in [-0.1, -0.05) is 12.1 Å². The second-order valence-electron chi connectivity index (χ2n) is 10.9. The molecule has 2 aromatic carbocycles.